The molecule has 2 rings (SSSR count). The van der Waals surface area contributed by atoms with Gasteiger partial charge in [0.1, 0.15) is 22.6 Å². The second-order valence-electron chi connectivity index (χ2n) is 3.94. The molecule has 2 aromatic rings. The van der Waals surface area contributed by atoms with Crippen LogP contribution in [0.25, 0.3) is 0 Å². The summed E-state index contributed by atoms with van der Waals surface area (Å²) in [6.07, 6.45) is 3.62. The van der Waals surface area contributed by atoms with E-state index in [-0.39, 0.29) is 26.6 Å². The van der Waals surface area contributed by atoms with Crippen LogP contribution in [0.1, 0.15) is 10.5 Å². The molecule has 9 nitrogen and oxygen atoms in total. The molecule has 0 atom stereocenters. The maximum absolute atomic E-state index is 12.1. The van der Waals surface area contributed by atoms with Crippen molar-refractivity contribution >= 4 is 37.5 Å². The number of nitrogens with zero attached hydrogens (tertiary/aromatic N) is 3. The van der Waals surface area contributed by atoms with Gasteiger partial charge in [-0.1, -0.05) is 0 Å². The molecule has 11 heteroatoms. The van der Waals surface area contributed by atoms with E-state index < -0.39 is 15.9 Å². The van der Waals surface area contributed by atoms with Gasteiger partial charge in [0.15, 0.2) is 0 Å². The number of ether oxygens (including phenoxy) is 1. The van der Waals surface area contributed by atoms with Crippen LogP contribution in [0.15, 0.2) is 34.2 Å². The van der Waals surface area contributed by atoms with Crippen molar-refractivity contribution in [2.75, 3.05) is 12.4 Å². The molecule has 22 heavy (non-hydrogen) atoms. The van der Waals surface area contributed by atoms with Crippen molar-refractivity contribution < 1.29 is 17.9 Å². The van der Waals surface area contributed by atoms with E-state index in [0.29, 0.717) is 0 Å². The number of nitrogens with one attached hydrogen (secondary N) is 1. The summed E-state index contributed by atoms with van der Waals surface area (Å²) in [6.45, 7) is 0. The number of methoxy groups -OCH3 is 1. The predicted octanol–water partition coefficient (Wildman–Crippen LogP) is 0.542. The molecule has 0 radical (unpaired) electrons. The predicted molar refractivity (Wildman–Crippen MR) is 79.8 cm³/mol. The van der Waals surface area contributed by atoms with Gasteiger partial charge in [0, 0.05) is 10.7 Å². The standard InChI is InChI=1S/C11H10BrN5O4S/c1-21-11-8(3-14-5-16-11)17-10(18)7-2-6(12)9(4-15-7)22(13,19)20/h2-5H,1H3,(H,17,18)(H2,13,19,20). The zero-order valence-electron chi connectivity index (χ0n) is 11.1. The van der Waals surface area contributed by atoms with Crippen LogP contribution in [0.4, 0.5) is 5.69 Å². The molecule has 0 aliphatic heterocycles. The second-order valence-corrected chi connectivity index (χ2v) is 6.33. The molecule has 0 fully saturated rings. The fourth-order valence-corrected chi connectivity index (χ4v) is 3.03. The minimum atomic E-state index is -3.93. The fraction of sp³-hybridized carbons (Fsp3) is 0.0909. The monoisotopic (exact) mass is 387 g/mol. The number of hydrogen-bond acceptors (Lipinski definition) is 7. The largest absolute Gasteiger partial charge is 0.479 e. The van der Waals surface area contributed by atoms with E-state index in [1.807, 2.05) is 0 Å². The molecule has 0 bridgehead atoms. The van der Waals surface area contributed by atoms with E-state index in [4.69, 9.17) is 9.88 Å². The van der Waals surface area contributed by atoms with Crippen molar-refractivity contribution in [1.29, 1.82) is 0 Å². The van der Waals surface area contributed by atoms with E-state index in [1.165, 1.54) is 25.7 Å². The summed E-state index contributed by atoms with van der Waals surface area (Å²) < 4.78 is 27.7. The van der Waals surface area contributed by atoms with Crippen LogP contribution < -0.4 is 15.2 Å². The van der Waals surface area contributed by atoms with Crippen LogP contribution in [-0.4, -0.2) is 36.4 Å². The number of carbonyl (C=O) groups excluding carboxylic acids is 1. The summed E-state index contributed by atoms with van der Waals surface area (Å²) >= 11 is 3.04. The Kier molecular flexibility index (Phi) is 4.68. The van der Waals surface area contributed by atoms with Crippen molar-refractivity contribution in [3.63, 3.8) is 0 Å². The highest BCUT2D eigenvalue weighted by molar-refractivity contribution is 9.10. The van der Waals surface area contributed by atoms with Gasteiger partial charge in [-0.15, -0.1) is 0 Å². The third-order valence-corrected chi connectivity index (χ3v) is 4.33. The highest BCUT2D eigenvalue weighted by atomic mass is 79.9. The van der Waals surface area contributed by atoms with Gasteiger partial charge in [-0.25, -0.2) is 23.5 Å². The average molecular weight is 388 g/mol. The van der Waals surface area contributed by atoms with Crippen molar-refractivity contribution in [2.45, 2.75) is 4.90 Å². The Bertz CT molecular complexity index is 827. The Morgan fingerprint density at radius 2 is 2.09 bits per heavy atom. The van der Waals surface area contributed by atoms with Crippen LogP contribution in [0.2, 0.25) is 0 Å². The normalized spacial score (nSPS) is 11.0. The number of hydrogen-bond donors (Lipinski definition) is 2. The van der Waals surface area contributed by atoms with Crippen molar-refractivity contribution in [1.82, 2.24) is 15.0 Å². The van der Waals surface area contributed by atoms with Gasteiger partial charge in [0.25, 0.3) is 5.91 Å². The van der Waals surface area contributed by atoms with E-state index in [1.54, 1.807) is 0 Å². The Morgan fingerprint density at radius 3 is 2.68 bits per heavy atom. The van der Waals surface area contributed by atoms with Gasteiger partial charge >= 0.3 is 0 Å². The Hall–Kier alpha value is -2.11. The molecule has 3 N–H and O–H groups in total. The lowest BCUT2D eigenvalue weighted by Crippen LogP contribution is -2.17. The van der Waals surface area contributed by atoms with Gasteiger partial charge < -0.3 is 10.1 Å². The quantitative estimate of drug-likeness (QED) is 0.780. The molecule has 1 amide bonds. The van der Waals surface area contributed by atoms with Crippen LogP contribution >= 0.6 is 15.9 Å². The zero-order chi connectivity index (χ0) is 16.3. The van der Waals surface area contributed by atoms with Crippen molar-refractivity contribution in [2.24, 2.45) is 5.14 Å². The van der Waals surface area contributed by atoms with Gasteiger partial charge in [0.2, 0.25) is 15.9 Å². The first kappa shape index (κ1) is 16.3. The minimum absolute atomic E-state index is 0.0230. The smallest absolute Gasteiger partial charge is 0.274 e. The third-order valence-electron chi connectivity index (χ3n) is 2.48. The highest BCUT2D eigenvalue weighted by Gasteiger charge is 2.17. The molecule has 2 heterocycles. The number of nitrogens with two attached hydrogens (primary N) is 1. The highest BCUT2D eigenvalue weighted by Crippen LogP contribution is 2.22. The Balaban J connectivity index is 2.29. The molecular formula is C11H10BrN5O4S. The van der Waals surface area contributed by atoms with Crippen LogP contribution in [-0.2, 0) is 10.0 Å². The fourth-order valence-electron chi connectivity index (χ4n) is 1.50. The molecule has 2 aromatic heterocycles. The number of aromatic nitrogens is 3. The minimum Gasteiger partial charge on any atom is -0.479 e. The van der Waals surface area contributed by atoms with Gasteiger partial charge in [-0.2, -0.15) is 4.98 Å². The molecule has 0 aliphatic rings. The van der Waals surface area contributed by atoms with Gasteiger partial charge in [-0.3, -0.25) is 4.79 Å². The first-order chi connectivity index (χ1) is 10.3. The number of halogens is 1. The second kappa shape index (κ2) is 6.34. The maximum Gasteiger partial charge on any atom is 0.274 e. The van der Waals surface area contributed by atoms with Crippen molar-refractivity contribution in [3.05, 3.63) is 35.0 Å². The van der Waals surface area contributed by atoms with E-state index in [0.717, 1.165) is 6.20 Å². The van der Waals surface area contributed by atoms with E-state index in [2.05, 4.69) is 36.2 Å². The summed E-state index contributed by atoms with van der Waals surface area (Å²) in [6, 6.07) is 1.24. The van der Waals surface area contributed by atoms with Gasteiger partial charge in [0.05, 0.1) is 13.3 Å². The van der Waals surface area contributed by atoms with E-state index in [9.17, 15) is 13.2 Å². The molecule has 116 valence electrons. The maximum atomic E-state index is 12.1. The van der Waals surface area contributed by atoms with Crippen LogP contribution in [0.3, 0.4) is 0 Å². The lowest BCUT2D eigenvalue weighted by Gasteiger charge is -2.08. The number of pyridine rings is 1. The third kappa shape index (κ3) is 3.55. The lowest BCUT2D eigenvalue weighted by molar-refractivity contribution is 0.102. The lowest BCUT2D eigenvalue weighted by atomic mass is 10.3. The molecule has 0 spiro atoms. The number of sulfonamides is 1. The Morgan fingerprint density at radius 1 is 1.36 bits per heavy atom. The molecule has 0 aliphatic carbocycles. The van der Waals surface area contributed by atoms with Gasteiger partial charge in [-0.05, 0) is 22.0 Å². The number of rotatable bonds is 4. The summed E-state index contributed by atoms with van der Waals surface area (Å²) in [5, 5.41) is 7.52. The Labute approximate surface area is 134 Å². The molecule has 0 unspecified atom stereocenters. The van der Waals surface area contributed by atoms with Crippen molar-refractivity contribution in [3.8, 4) is 5.88 Å². The molecular weight excluding hydrogens is 378 g/mol. The zero-order valence-corrected chi connectivity index (χ0v) is 13.6. The first-order valence-electron chi connectivity index (χ1n) is 5.66. The number of carbonyl (C=O) groups is 1. The summed E-state index contributed by atoms with van der Waals surface area (Å²) in [4.78, 5) is 23.3. The van der Waals surface area contributed by atoms with Crippen LogP contribution in [0.5, 0.6) is 5.88 Å². The number of amides is 1. The average Bonchev–Trinajstić information content (AvgIpc) is 2.46. The van der Waals surface area contributed by atoms with E-state index >= 15 is 0 Å². The number of anilines is 1. The summed E-state index contributed by atoms with van der Waals surface area (Å²) in [7, 11) is -2.53. The summed E-state index contributed by atoms with van der Waals surface area (Å²) in [5.74, 6) is -0.404. The molecule has 0 aromatic carbocycles. The topological polar surface area (TPSA) is 137 Å². The number of primary sulfonamides is 1. The summed E-state index contributed by atoms with van der Waals surface area (Å²) in [5.41, 5.74) is 0.230. The SMILES string of the molecule is COc1ncncc1NC(=O)c1cc(Br)c(S(N)(=O)=O)cn1. The van der Waals surface area contributed by atoms with Crippen LogP contribution in [0, 0.1) is 0 Å². The molecule has 0 saturated heterocycles. The molecule has 0 saturated carbocycles. The first-order valence-corrected chi connectivity index (χ1v) is 8.00.